The van der Waals surface area contributed by atoms with Gasteiger partial charge in [0.05, 0.1) is 11.6 Å². The van der Waals surface area contributed by atoms with Gasteiger partial charge >= 0.3 is 0 Å². The van der Waals surface area contributed by atoms with Crippen LogP contribution < -0.4 is 5.32 Å². The number of halogens is 2. The third kappa shape index (κ3) is 2.76. The van der Waals surface area contributed by atoms with E-state index in [4.69, 9.17) is 16.0 Å². The third-order valence-corrected chi connectivity index (χ3v) is 2.98. The van der Waals surface area contributed by atoms with Crippen LogP contribution in [0.5, 0.6) is 0 Å². The van der Waals surface area contributed by atoms with Crippen molar-refractivity contribution in [2.24, 2.45) is 0 Å². The van der Waals surface area contributed by atoms with Crippen LogP contribution in [0.2, 0.25) is 5.02 Å². The van der Waals surface area contributed by atoms with Crippen molar-refractivity contribution in [2.75, 3.05) is 0 Å². The van der Waals surface area contributed by atoms with Gasteiger partial charge in [-0.15, -0.1) is 0 Å². The average molecular weight is 257 g/mol. The molecule has 2 rings (SSSR count). The highest BCUT2D eigenvalue weighted by molar-refractivity contribution is 6.31. The molecule has 0 amide bonds. The topological polar surface area (TPSA) is 38.1 Å². The molecule has 0 aliphatic heterocycles. The van der Waals surface area contributed by atoms with Crippen LogP contribution in [0, 0.1) is 5.82 Å². The summed E-state index contributed by atoms with van der Waals surface area (Å²) >= 11 is 5.67. The molecular weight excluding hydrogens is 243 g/mol. The smallest absolute Gasteiger partial charge is 0.209 e. The Kier molecular flexibility index (Phi) is 3.64. The summed E-state index contributed by atoms with van der Waals surface area (Å²) in [6.07, 6.45) is 1.03. The summed E-state index contributed by atoms with van der Waals surface area (Å²) in [5, 5.41) is 3.32. The lowest BCUT2D eigenvalue weighted by molar-refractivity contribution is 0.454. The van der Waals surface area contributed by atoms with Gasteiger partial charge < -0.3 is 9.73 Å². The molecule has 0 spiro atoms. The molecule has 2 aromatic rings. The highest BCUT2D eigenvalue weighted by Gasteiger charge is 2.10. The van der Waals surface area contributed by atoms with E-state index in [1.54, 1.807) is 0 Å². The minimum absolute atomic E-state index is 0.0623. The summed E-state index contributed by atoms with van der Waals surface area (Å²) in [6, 6.07) is 3.13. The van der Waals surface area contributed by atoms with Crippen LogP contribution in [0.25, 0.3) is 11.1 Å². The number of oxazole rings is 1. The van der Waals surface area contributed by atoms with Gasteiger partial charge in [-0.25, -0.2) is 9.37 Å². The predicted octanol–water partition coefficient (Wildman–Crippen LogP) is 3.51. The number of rotatable bonds is 4. The van der Waals surface area contributed by atoms with Crippen LogP contribution in [0.3, 0.4) is 0 Å². The van der Waals surface area contributed by atoms with Gasteiger partial charge in [-0.1, -0.05) is 18.5 Å². The molecule has 92 valence electrons. The fourth-order valence-corrected chi connectivity index (χ4v) is 1.61. The second-order valence-corrected chi connectivity index (χ2v) is 4.44. The van der Waals surface area contributed by atoms with Gasteiger partial charge in [0, 0.05) is 12.1 Å². The van der Waals surface area contributed by atoms with Gasteiger partial charge in [0.1, 0.15) is 11.3 Å². The van der Waals surface area contributed by atoms with Crippen LogP contribution in [0.4, 0.5) is 4.39 Å². The summed E-state index contributed by atoms with van der Waals surface area (Å²) in [5.74, 6) is 0.0544. The van der Waals surface area contributed by atoms with Gasteiger partial charge in [-0.05, 0) is 19.4 Å². The molecule has 0 saturated heterocycles. The summed E-state index contributed by atoms with van der Waals surface area (Å²) in [4.78, 5) is 4.24. The predicted molar refractivity (Wildman–Crippen MR) is 65.6 cm³/mol. The van der Waals surface area contributed by atoms with E-state index in [1.807, 2.05) is 0 Å². The molecule has 0 fully saturated rings. The first-order chi connectivity index (χ1) is 8.10. The van der Waals surface area contributed by atoms with Crippen LogP contribution >= 0.6 is 11.6 Å². The number of fused-ring (bicyclic) bond motifs is 1. The maximum atomic E-state index is 13.2. The maximum absolute atomic E-state index is 13.2. The van der Waals surface area contributed by atoms with Crippen molar-refractivity contribution in [1.82, 2.24) is 10.3 Å². The number of nitrogens with zero attached hydrogens (tertiary/aromatic N) is 1. The zero-order valence-electron chi connectivity index (χ0n) is 9.76. The fraction of sp³-hybridized carbons (Fsp3) is 0.417. The lowest BCUT2D eigenvalue weighted by atomic mass is 10.3. The zero-order chi connectivity index (χ0) is 12.4. The molecule has 0 aliphatic carbocycles. The van der Waals surface area contributed by atoms with Gasteiger partial charge in [0.15, 0.2) is 5.58 Å². The van der Waals surface area contributed by atoms with Crippen molar-refractivity contribution < 1.29 is 8.81 Å². The van der Waals surface area contributed by atoms with Crippen LogP contribution in [-0.4, -0.2) is 11.0 Å². The van der Waals surface area contributed by atoms with E-state index in [9.17, 15) is 4.39 Å². The van der Waals surface area contributed by atoms with E-state index in [-0.39, 0.29) is 5.02 Å². The Morgan fingerprint density at radius 3 is 3.00 bits per heavy atom. The highest BCUT2D eigenvalue weighted by atomic mass is 35.5. The lowest BCUT2D eigenvalue weighted by Crippen LogP contribution is -2.24. The van der Waals surface area contributed by atoms with Gasteiger partial charge in [-0.3, -0.25) is 0 Å². The van der Waals surface area contributed by atoms with Crippen molar-refractivity contribution in [3.8, 4) is 0 Å². The van der Waals surface area contributed by atoms with E-state index >= 15 is 0 Å². The molecule has 0 saturated carbocycles. The molecule has 0 radical (unpaired) electrons. The first kappa shape index (κ1) is 12.3. The van der Waals surface area contributed by atoms with Crippen molar-refractivity contribution in [2.45, 2.75) is 32.9 Å². The first-order valence-electron chi connectivity index (χ1n) is 5.58. The molecule has 1 aromatic carbocycles. The molecule has 0 aliphatic rings. The van der Waals surface area contributed by atoms with Crippen molar-refractivity contribution in [1.29, 1.82) is 0 Å². The minimum Gasteiger partial charge on any atom is -0.439 e. The van der Waals surface area contributed by atoms with E-state index in [2.05, 4.69) is 24.1 Å². The molecule has 0 bridgehead atoms. The molecule has 17 heavy (non-hydrogen) atoms. The Morgan fingerprint density at radius 2 is 2.29 bits per heavy atom. The van der Waals surface area contributed by atoms with Crippen LogP contribution in [0.15, 0.2) is 16.5 Å². The molecule has 1 heterocycles. The van der Waals surface area contributed by atoms with Gasteiger partial charge in [-0.2, -0.15) is 0 Å². The number of nitrogens with one attached hydrogen (secondary N) is 1. The lowest BCUT2D eigenvalue weighted by Gasteiger charge is -2.07. The second-order valence-electron chi connectivity index (χ2n) is 4.03. The minimum atomic E-state index is -0.489. The highest BCUT2D eigenvalue weighted by Crippen LogP contribution is 2.23. The zero-order valence-corrected chi connectivity index (χ0v) is 10.5. The molecular formula is C12H14ClFN2O. The summed E-state index contributed by atoms with van der Waals surface area (Å²) in [6.45, 7) is 4.71. The van der Waals surface area contributed by atoms with Crippen molar-refractivity contribution in [3.05, 3.63) is 28.9 Å². The normalized spacial score (nSPS) is 13.2. The first-order valence-corrected chi connectivity index (χ1v) is 5.95. The van der Waals surface area contributed by atoms with E-state index < -0.39 is 5.82 Å². The average Bonchev–Trinajstić information content (AvgIpc) is 2.68. The Labute approximate surface area is 104 Å². The van der Waals surface area contributed by atoms with E-state index in [1.165, 1.54) is 12.1 Å². The third-order valence-electron chi connectivity index (χ3n) is 2.69. The van der Waals surface area contributed by atoms with Gasteiger partial charge in [0.2, 0.25) is 5.89 Å². The van der Waals surface area contributed by atoms with Crippen LogP contribution in [0.1, 0.15) is 26.2 Å². The van der Waals surface area contributed by atoms with Gasteiger partial charge in [0.25, 0.3) is 0 Å². The number of hydrogen-bond acceptors (Lipinski definition) is 3. The molecule has 1 aromatic heterocycles. The van der Waals surface area contributed by atoms with E-state index in [0.29, 0.717) is 29.6 Å². The second kappa shape index (κ2) is 5.02. The monoisotopic (exact) mass is 256 g/mol. The SMILES string of the molecule is CCC(C)NCc1nc2cc(Cl)c(F)cc2o1. The Balaban J connectivity index is 2.20. The van der Waals surface area contributed by atoms with Crippen molar-refractivity contribution >= 4 is 22.7 Å². The standard InChI is InChI=1S/C12H14ClFN2O/c1-3-7(2)15-6-12-16-10-4-8(13)9(14)5-11(10)17-12/h4-5,7,15H,3,6H2,1-2H3. The maximum Gasteiger partial charge on any atom is 0.209 e. The Hall–Kier alpha value is -1.13. The molecule has 1 unspecified atom stereocenters. The molecule has 1 N–H and O–H groups in total. The summed E-state index contributed by atoms with van der Waals surface area (Å²) < 4.78 is 18.6. The molecule has 5 heteroatoms. The Bertz CT molecular complexity index is 487. The summed E-state index contributed by atoms with van der Waals surface area (Å²) in [7, 11) is 0. The number of aromatic nitrogens is 1. The quantitative estimate of drug-likeness (QED) is 0.910. The number of hydrogen-bond donors (Lipinski definition) is 1. The molecule has 3 nitrogen and oxygen atoms in total. The summed E-state index contributed by atoms with van der Waals surface area (Å²) in [5.41, 5.74) is 1.00. The fourth-order valence-electron chi connectivity index (χ4n) is 1.45. The largest absolute Gasteiger partial charge is 0.439 e. The Morgan fingerprint density at radius 1 is 1.53 bits per heavy atom. The van der Waals surface area contributed by atoms with Crippen LogP contribution in [-0.2, 0) is 6.54 Å². The molecule has 1 atom stereocenters. The number of benzene rings is 1. The van der Waals surface area contributed by atoms with Crippen molar-refractivity contribution in [3.63, 3.8) is 0 Å². The van der Waals surface area contributed by atoms with E-state index in [0.717, 1.165) is 6.42 Å².